The molecule has 0 amide bonds. The predicted molar refractivity (Wildman–Crippen MR) is 112 cm³/mol. The van der Waals surface area contributed by atoms with E-state index < -0.39 is 20.2 Å². The maximum absolute atomic E-state index is 12.9. The summed E-state index contributed by atoms with van der Waals surface area (Å²) in [6.07, 6.45) is 1.91. The third kappa shape index (κ3) is 3.66. The SMILES string of the molecule is CSc1cc(C(C)(C)C)c(O)c(-c2nc3ccc(S(=O)(=O)C(F)(F)F)cc3[nH]2)c1C. The van der Waals surface area contributed by atoms with Crippen LogP contribution in [0.25, 0.3) is 22.4 Å². The molecule has 5 nitrogen and oxygen atoms in total. The minimum Gasteiger partial charge on any atom is -0.507 e. The first-order chi connectivity index (χ1) is 13.7. The summed E-state index contributed by atoms with van der Waals surface area (Å²) in [7, 11) is -5.48. The quantitative estimate of drug-likeness (QED) is 0.503. The smallest absolute Gasteiger partial charge is 0.501 e. The maximum Gasteiger partial charge on any atom is 0.501 e. The van der Waals surface area contributed by atoms with E-state index in [-0.39, 0.29) is 28.0 Å². The number of phenolic OH excluding ortho intramolecular Hbond substituents is 1. The van der Waals surface area contributed by atoms with Crippen LogP contribution in [0.4, 0.5) is 13.2 Å². The van der Waals surface area contributed by atoms with E-state index in [4.69, 9.17) is 0 Å². The Balaban J connectivity index is 2.26. The zero-order valence-electron chi connectivity index (χ0n) is 17.0. The normalized spacial score (nSPS) is 13.2. The van der Waals surface area contributed by atoms with Crippen LogP contribution >= 0.6 is 11.8 Å². The number of halogens is 3. The number of aromatic hydroxyl groups is 1. The molecule has 0 saturated heterocycles. The van der Waals surface area contributed by atoms with Crippen molar-refractivity contribution in [2.24, 2.45) is 0 Å². The lowest BCUT2D eigenvalue weighted by Crippen LogP contribution is -2.23. The van der Waals surface area contributed by atoms with Gasteiger partial charge < -0.3 is 10.1 Å². The van der Waals surface area contributed by atoms with Crippen molar-refractivity contribution in [3.05, 3.63) is 35.4 Å². The molecule has 0 fully saturated rings. The second-order valence-corrected chi connectivity index (χ2v) is 10.7. The lowest BCUT2D eigenvalue weighted by molar-refractivity contribution is -0.0435. The van der Waals surface area contributed by atoms with Crippen molar-refractivity contribution in [2.45, 2.75) is 48.4 Å². The van der Waals surface area contributed by atoms with Gasteiger partial charge in [0.05, 0.1) is 21.5 Å². The van der Waals surface area contributed by atoms with Crippen molar-refractivity contribution in [3.8, 4) is 17.1 Å². The van der Waals surface area contributed by atoms with E-state index in [2.05, 4.69) is 9.97 Å². The number of H-pyrrole nitrogens is 1. The number of sulfone groups is 1. The molecular formula is C20H21F3N2O3S2. The van der Waals surface area contributed by atoms with E-state index in [1.165, 1.54) is 17.8 Å². The first kappa shape index (κ1) is 22.5. The summed E-state index contributed by atoms with van der Waals surface area (Å²) >= 11 is 1.50. The highest BCUT2D eigenvalue weighted by Crippen LogP contribution is 2.44. The number of phenols is 1. The Morgan fingerprint density at radius 2 is 1.77 bits per heavy atom. The fourth-order valence-electron chi connectivity index (χ4n) is 3.22. The number of aromatic amines is 1. The lowest BCUT2D eigenvalue weighted by atomic mass is 9.84. The van der Waals surface area contributed by atoms with Gasteiger partial charge in [-0.2, -0.15) is 13.2 Å². The van der Waals surface area contributed by atoms with Crippen molar-refractivity contribution in [1.29, 1.82) is 0 Å². The summed E-state index contributed by atoms with van der Waals surface area (Å²) < 4.78 is 62.1. The minimum atomic E-state index is -5.48. The largest absolute Gasteiger partial charge is 0.507 e. The Hall–Kier alpha value is -2.20. The number of alkyl halides is 3. The molecule has 0 spiro atoms. The molecule has 1 aromatic heterocycles. The van der Waals surface area contributed by atoms with Crippen LogP contribution in [-0.4, -0.2) is 35.3 Å². The molecule has 0 unspecified atom stereocenters. The van der Waals surface area contributed by atoms with Gasteiger partial charge in [-0.3, -0.25) is 0 Å². The van der Waals surface area contributed by atoms with Crippen molar-refractivity contribution in [1.82, 2.24) is 9.97 Å². The topological polar surface area (TPSA) is 83.1 Å². The molecule has 10 heteroatoms. The second-order valence-electron chi connectivity index (χ2n) is 7.94. The summed E-state index contributed by atoms with van der Waals surface area (Å²) in [6.45, 7) is 7.69. The third-order valence-corrected chi connectivity index (χ3v) is 7.19. The molecule has 0 radical (unpaired) electrons. The standard InChI is InChI=1S/C20H21F3N2O3S2/c1-10-15(29-5)9-12(19(2,3)4)17(26)16(10)18-24-13-7-6-11(8-14(13)25-18)30(27,28)20(21,22)23/h6-9,26H,1-5H3,(H,24,25). The number of fused-ring (bicyclic) bond motifs is 1. The van der Waals surface area contributed by atoms with Gasteiger partial charge in [0.1, 0.15) is 11.6 Å². The molecule has 2 aromatic carbocycles. The van der Waals surface area contributed by atoms with Gasteiger partial charge in [-0.1, -0.05) is 20.8 Å². The fraction of sp³-hybridized carbons (Fsp3) is 0.350. The number of nitrogens with zero attached hydrogens (tertiary/aromatic N) is 1. The summed E-state index contributed by atoms with van der Waals surface area (Å²) in [4.78, 5) is 7.32. The van der Waals surface area contributed by atoms with E-state index in [1.807, 2.05) is 40.0 Å². The second kappa shape index (κ2) is 7.19. The average molecular weight is 459 g/mol. The number of aromatic nitrogens is 2. The highest BCUT2D eigenvalue weighted by Gasteiger charge is 2.47. The lowest BCUT2D eigenvalue weighted by Gasteiger charge is -2.24. The number of rotatable bonds is 3. The van der Waals surface area contributed by atoms with E-state index in [9.17, 15) is 26.7 Å². The Morgan fingerprint density at radius 3 is 2.30 bits per heavy atom. The molecule has 3 aromatic rings. The molecule has 0 bridgehead atoms. The van der Waals surface area contributed by atoms with Gasteiger partial charge in [-0.15, -0.1) is 11.8 Å². The van der Waals surface area contributed by atoms with E-state index >= 15 is 0 Å². The van der Waals surface area contributed by atoms with E-state index in [1.54, 1.807) is 0 Å². The molecule has 0 atom stereocenters. The van der Waals surface area contributed by atoms with Crippen molar-refractivity contribution >= 4 is 32.6 Å². The van der Waals surface area contributed by atoms with Gasteiger partial charge in [0.15, 0.2) is 0 Å². The van der Waals surface area contributed by atoms with Crippen molar-refractivity contribution in [3.63, 3.8) is 0 Å². The highest BCUT2D eigenvalue weighted by molar-refractivity contribution is 7.98. The Labute approximate surface area is 176 Å². The van der Waals surface area contributed by atoms with Crippen LogP contribution in [0, 0.1) is 6.92 Å². The molecule has 1 heterocycles. The predicted octanol–water partition coefficient (Wildman–Crippen LogP) is 5.56. The van der Waals surface area contributed by atoms with Crippen LogP contribution in [0.5, 0.6) is 5.75 Å². The Bertz CT molecular complexity index is 1240. The van der Waals surface area contributed by atoms with Crippen molar-refractivity contribution in [2.75, 3.05) is 6.26 Å². The molecule has 2 N–H and O–H groups in total. The van der Waals surface area contributed by atoms with E-state index in [0.717, 1.165) is 22.6 Å². The van der Waals surface area contributed by atoms with Gasteiger partial charge in [-0.05, 0) is 48.4 Å². The van der Waals surface area contributed by atoms with Gasteiger partial charge in [0.2, 0.25) is 0 Å². The fourth-order valence-corrected chi connectivity index (χ4v) is 4.66. The Kier molecular flexibility index (Phi) is 5.39. The molecule has 0 saturated carbocycles. The first-order valence-electron chi connectivity index (χ1n) is 8.91. The van der Waals surface area contributed by atoms with Gasteiger partial charge >= 0.3 is 5.51 Å². The van der Waals surface area contributed by atoms with Crippen LogP contribution in [0.1, 0.15) is 31.9 Å². The van der Waals surface area contributed by atoms with E-state index in [0.29, 0.717) is 11.1 Å². The Morgan fingerprint density at radius 1 is 1.13 bits per heavy atom. The monoisotopic (exact) mass is 458 g/mol. The molecule has 0 aliphatic heterocycles. The summed E-state index contributed by atoms with van der Waals surface area (Å²) in [5.74, 6) is 0.281. The number of hydrogen-bond acceptors (Lipinski definition) is 5. The highest BCUT2D eigenvalue weighted by atomic mass is 32.2. The van der Waals surface area contributed by atoms with Crippen LogP contribution in [0.2, 0.25) is 0 Å². The molecular weight excluding hydrogens is 437 g/mol. The minimum absolute atomic E-state index is 0.0278. The molecule has 0 aliphatic rings. The number of benzene rings is 2. The van der Waals surface area contributed by atoms with Gasteiger partial charge in [0, 0.05) is 10.5 Å². The summed E-state index contributed by atoms with van der Waals surface area (Å²) in [6, 6.07) is 4.91. The summed E-state index contributed by atoms with van der Waals surface area (Å²) in [5.41, 5.74) is -3.45. The van der Waals surface area contributed by atoms with Crippen LogP contribution in [0.15, 0.2) is 34.1 Å². The number of imidazole rings is 1. The average Bonchev–Trinajstić information content (AvgIpc) is 3.02. The third-order valence-electron chi connectivity index (χ3n) is 4.85. The molecule has 3 rings (SSSR count). The zero-order valence-corrected chi connectivity index (χ0v) is 18.6. The summed E-state index contributed by atoms with van der Waals surface area (Å²) in [5, 5.41) is 11.0. The maximum atomic E-state index is 12.9. The number of nitrogens with one attached hydrogen (secondary N) is 1. The van der Waals surface area contributed by atoms with Crippen LogP contribution < -0.4 is 0 Å². The number of hydrogen-bond donors (Lipinski definition) is 2. The van der Waals surface area contributed by atoms with Gasteiger partial charge in [0.25, 0.3) is 9.84 Å². The molecule has 162 valence electrons. The zero-order chi connectivity index (χ0) is 22.6. The molecule has 30 heavy (non-hydrogen) atoms. The number of thioether (sulfide) groups is 1. The van der Waals surface area contributed by atoms with Crippen LogP contribution in [0.3, 0.4) is 0 Å². The first-order valence-corrected chi connectivity index (χ1v) is 11.6. The van der Waals surface area contributed by atoms with Gasteiger partial charge in [-0.25, -0.2) is 13.4 Å². The van der Waals surface area contributed by atoms with Crippen LogP contribution in [-0.2, 0) is 15.3 Å². The van der Waals surface area contributed by atoms with Crippen molar-refractivity contribution < 1.29 is 26.7 Å². The molecule has 0 aliphatic carbocycles.